The summed E-state index contributed by atoms with van der Waals surface area (Å²) in [5.74, 6) is 0. The molecule has 0 unspecified atom stereocenters. The third-order valence-corrected chi connectivity index (χ3v) is 11.9. The second kappa shape index (κ2) is 11.1. The zero-order valence-corrected chi connectivity index (χ0v) is 28.5. The first-order chi connectivity index (χ1) is 25.3. The van der Waals surface area contributed by atoms with Crippen LogP contribution in [0.4, 0.5) is 0 Å². The highest BCUT2D eigenvalue weighted by Gasteiger charge is 2.16. The lowest BCUT2D eigenvalue weighted by atomic mass is 9.86. The first-order valence-corrected chi connectivity index (χ1v) is 18.4. The molecule has 51 heavy (non-hydrogen) atoms. The largest absolute Gasteiger partial charge is 0.135 e. The van der Waals surface area contributed by atoms with Crippen LogP contribution in [0.2, 0.25) is 0 Å². The van der Waals surface area contributed by atoms with Crippen molar-refractivity contribution in [3.05, 3.63) is 182 Å². The van der Waals surface area contributed by atoms with Gasteiger partial charge in [0.15, 0.2) is 0 Å². The Morgan fingerprint density at radius 2 is 0.588 bits per heavy atom. The van der Waals surface area contributed by atoms with Gasteiger partial charge >= 0.3 is 0 Å². The molecule has 0 atom stereocenters. The van der Waals surface area contributed by atoms with Crippen LogP contribution in [0.3, 0.4) is 0 Å². The van der Waals surface area contributed by atoms with Crippen LogP contribution in [0.25, 0.3) is 107 Å². The van der Waals surface area contributed by atoms with Crippen molar-refractivity contribution in [2.45, 2.75) is 0 Å². The van der Waals surface area contributed by atoms with E-state index in [9.17, 15) is 0 Å². The maximum Gasteiger partial charge on any atom is 0.0361 e. The minimum Gasteiger partial charge on any atom is -0.135 e. The first-order valence-electron chi connectivity index (χ1n) is 17.6. The van der Waals surface area contributed by atoms with E-state index < -0.39 is 0 Å². The van der Waals surface area contributed by atoms with Gasteiger partial charge in [0.2, 0.25) is 0 Å². The Bertz CT molecular complexity index is 3180. The summed E-state index contributed by atoms with van der Waals surface area (Å²) in [6.07, 6.45) is 0. The standard InChI is InChI=1S/C50H30S/c1-4-19-43-37(15-1)38-16-2-6-21-45(38)50-46-29-35(23-25-40(46)39-17-3-5-20-44(39)49(43)50)33-13-9-11-31(27-33)32-12-10-14-34(28-32)36-24-26-42-41-18-7-8-22-47(41)51-48(42)30-36/h1-30H. The van der Waals surface area contributed by atoms with Gasteiger partial charge in [-0.1, -0.05) is 152 Å². The smallest absolute Gasteiger partial charge is 0.0361 e. The van der Waals surface area contributed by atoms with Crippen LogP contribution in [-0.4, -0.2) is 0 Å². The molecule has 11 rings (SSSR count). The van der Waals surface area contributed by atoms with E-state index in [1.807, 2.05) is 11.3 Å². The summed E-state index contributed by atoms with van der Waals surface area (Å²) in [5, 5.41) is 15.8. The highest BCUT2D eigenvalue weighted by molar-refractivity contribution is 7.25. The third kappa shape index (κ3) is 4.39. The van der Waals surface area contributed by atoms with Gasteiger partial charge in [0.25, 0.3) is 0 Å². The molecule has 0 nitrogen and oxygen atoms in total. The van der Waals surface area contributed by atoms with E-state index in [1.165, 1.54) is 107 Å². The van der Waals surface area contributed by atoms with E-state index in [4.69, 9.17) is 0 Å². The van der Waals surface area contributed by atoms with Crippen molar-refractivity contribution < 1.29 is 0 Å². The molecular weight excluding hydrogens is 633 g/mol. The highest BCUT2D eigenvalue weighted by Crippen LogP contribution is 2.45. The SMILES string of the molecule is c1cc(-c2cccc(-c3ccc4c5ccccc5c5c6ccccc6c6ccccc6c5c4c3)c2)cc(-c2ccc3c(c2)sc2ccccc23)c1. The van der Waals surface area contributed by atoms with Gasteiger partial charge in [-0.05, 0) is 118 Å². The summed E-state index contributed by atoms with van der Waals surface area (Å²) in [6.45, 7) is 0. The number of thiophene rings is 1. The zero-order chi connectivity index (χ0) is 33.5. The van der Waals surface area contributed by atoms with Gasteiger partial charge in [-0.3, -0.25) is 0 Å². The average molecular weight is 663 g/mol. The molecule has 0 fully saturated rings. The van der Waals surface area contributed by atoms with Crippen molar-refractivity contribution in [3.63, 3.8) is 0 Å². The maximum atomic E-state index is 2.43. The van der Waals surface area contributed by atoms with Crippen molar-refractivity contribution >= 4 is 85.4 Å². The minimum absolute atomic E-state index is 1.22. The molecular formula is C50H30S. The van der Waals surface area contributed by atoms with Crippen LogP contribution < -0.4 is 0 Å². The lowest BCUT2D eigenvalue weighted by Crippen LogP contribution is -1.89. The van der Waals surface area contributed by atoms with E-state index in [0.29, 0.717) is 0 Å². The monoisotopic (exact) mass is 662 g/mol. The van der Waals surface area contributed by atoms with E-state index in [2.05, 4.69) is 182 Å². The summed E-state index contributed by atoms with van der Waals surface area (Å²) in [4.78, 5) is 0. The normalized spacial score (nSPS) is 11.9. The molecule has 11 aromatic rings. The lowest BCUT2D eigenvalue weighted by Gasteiger charge is -2.17. The van der Waals surface area contributed by atoms with Crippen molar-refractivity contribution in [2.24, 2.45) is 0 Å². The molecule has 0 amide bonds. The Balaban J connectivity index is 1.08. The van der Waals surface area contributed by atoms with Gasteiger partial charge < -0.3 is 0 Å². The van der Waals surface area contributed by atoms with Crippen LogP contribution >= 0.6 is 11.3 Å². The van der Waals surface area contributed by atoms with Crippen molar-refractivity contribution in [1.29, 1.82) is 0 Å². The van der Waals surface area contributed by atoms with Gasteiger partial charge in [-0.25, -0.2) is 0 Å². The number of rotatable bonds is 3. The fourth-order valence-electron chi connectivity index (χ4n) is 8.46. The summed E-state index contributed by atoms with van der Waals surface area (Å²) < 4.78 is 2.67. The Morgan fingerprint density at radius 3 is 1.14 bits per heavy atom. The fraction of sp³-hybridized carbons (Fsp3) is 0. The fourth-order valence-corrected chi connectivity index (χ4v) is 9.61. The van der Waals surface area contributed by atoms with E-state index in [1.54, 1.807) is 0 Å². The number of fused-ring (bicyclic) bond motifs is 14. The molecule has 1 heterocycles. The van der Waals surface area contributed by atoms with E-state index >= 15 is 0 Å². The van der Waals surface area contributed by atoms with E-state index in [-0.39, 0.29) is 0 Å². The molecule has 0 aliphatic rings. The van der Waals surface area contributed by atoms with Gasteiger partial charge in [0.1, 0.15) is 0 Å². The summed E-state index contributed by atoms with van der Waals surface area (Å²) in [5.41, 5.74) is 7.38. The Hall–Kier alpha value is -6.28. The molecule has 0 saturated heterocycles. The van der Waals surface area contributed by atoms with Crippen molar-refractivity contribution in [3.8, 4) is 33.4 Å². The van der Waals surface area contributed by atoms with Gasteiger partial charge in [-0.2, -0.15) is 0 Å². The number of benzene rings is 10. The summed E-state index contributed by atoms with van der Waals surface area (Å²) in [7, 11) is 0. The second-order valence-electron chi connectivity index (χ2n) is 13.6. The molecule has 0 aliphatic carbocycles. The first kappa shape index (κ1) is 28.5. The maximum absolute atomic E-state index is 2.43. The molecule has 0 aliphatic heterocycles. The van der Waals surface area contributed by atoms with Crippen molar-refractivity contribution in [2.75, 3.05) is 0 Å². The number of hydrogen-bond donors (Lipinski definition) is 0. The molecule has 0 N–H and O–H groups in total. The molecule has 236 valence electrons. The predicted octanol–water partition coefficient (Wildman–Crippen LogP) is 14.8. The van der Waals surface area contributed by atoms with Gasteiger partial charge in [0, 0.05) is 20.2 Å². The summed E-state index contributed by atoms with van der Waals surface area (Å²) in [6, 6.07) is 67.5. The zero-order valence-electron chi connectivity index (χ0n) is 27.7. The molecule has 0 saturated carbocycles. The van der Waals surface area contributed by atoms with Gasteiger partial charge in [0.05, 0.1) is 0 Å². The van der Waals surface area contributed by atoms with Crippen LogP contribution in [-0.2, 0) is 0 Å². The van der Waals surface area contributed by atoms with Crippen molar-refractivity contribution in [1.82, 2.24) is 0 Å². The topological polar surface area (TPSA) is 0 Å². The van der Waals surface area contributed by atoms with Crippen LogP contribution in [0.15, 0.2) is 182 Å². The molecule has 0 radical (unpaired) electrons. The molecule has 10 aromatic carbocycles. The quantitative estimate of drug-likeness (QED) is 0.165. The molecule has 1 aromatic heterocycles. The number of hydrogen-bond acceptors (Lipinski definition) is 1. The molecule has 0 spiro atoms. The summed E-state index contributed by atoms with van der Waals surface area (Å²) >= 11 is 1.87. The molecule has 1 heteroatoms. The second-order valence-corrected chi connectivity index (χ2v) is 14.7. The van der Waals surface area contributed by atoms with Crippen LogP contribution in [0, 0.1) is 0 Å². The highest BCUT2D eigenvalue weighted by atomic mass is 32.1. The average Bonchev–Trinajstić information content (AvgIpc) is 3.58. The van der Waals surface area contributed by atoms with E-state index in [0.717, 1.165) is 0 Å². The Labute approximate surface area is 299 Å². The van der Waals surface area contributed by atoms with Crippen LogP contribution in [0.1, 0.15) is 0 Å². The minimum atomic E-state index is 1.22. The van der Waals surface area contributed by atoms with Gasteiger partial charge in [-0.15, -0.1) is 11.3 Å². The third-order valence-electron chi connectivity index (χ3n) is 10.8. The molecule has 0 bridgehead atoms. The lowest BCUT2D eigenvalue weighted by molar-refractivity contribution is 1.59. The van der Waals surface area contributed by atoms with Crippen LogP contribution in [0.5, 0.6) is 0 Å². The Morgan fingerprint density at radius 1 is 0.216 bits per heavy atom. The predicted molar refractivity (Wildman–Crippen MR) is 223 cm³/mol. The Kier molecular flexibility index (Phi) is 6.22.